The number of fused-ring (bicyclic) bond motifs is 2. The summed E-state index contributed by atoms with van der Waals surface area (Å²) in [6, 6.07) is 8.09. The Morgan fingerprint density at radius 3 is 2.22 bits per heavy atom. The number of nitrogens with one attached hydrogen (secondary N) is 1. The Morgan fingerprint density at radius 1 is 1.17 bits per heavy atom. The van der Waals surface area contributed by atoms with Gasteiger partial charge < -0.3 is 5.32 Å². The Labute approximate surface area is 140 Å². The van der Waals surface area contributed by atoms with Crippen molar-refractivity contribution in [2.45, 2.75) is 63.9 Å². The van der Waals surface area contributed by atoms with Crippen LogP contribution in [-0.2, 0) is 9.84 Å². The van der Waals surface area contributed by atoms with E-state index in [1.807, 2.05) is 12.1 Å². The summed E-state index contributed by atoms with van der Waals surface area (Å²) in [6.07, 6.45) is 5.18. The van der Waals surface area contributed by atoms with Gasteiger partial charge in [0.05, 0.1) is 4.90 Å². The molecule has 4 heteroatoms. The lowest BCUT2D eigenvalue weighted by Crippen LogP contribution is -2.45. The van der Waals surface area contributed by atoms with Crippen LogP contribution < -0.4 is 5.32 Å². The van der Waals surface area contributed by atoms with E-state index in [9.17, 15) is 8.42 Å². The van der Waals surface area contributed by atoms with E-state index in [4.69, 9.17) is 0 Å². The third kappa shape index (κ3) is 2.64. The summed E-state index contributed by atoms with van der Waals surface area (Å²) in [5.41, 5.74) is 1.92. The molecule has 3 rings (SSSR count). The molecule has 2 aliphatic carbocycles. The van der Waals surface area contributed by atoms with Crippen LogP contribution in [0.4, 0.5) is 0 Å². The Morgan fingerprint density at radius 2 is 1.78 bits per heavy atom. The van der Waals surface area contributed by atoms with Crippen molar-refractivity contribution in [3.8, 4) is 0 Å². The Hall–Kier alpha value is -0.870. The smallest absolute Gasteiger partial charge is 0.175 e. The molecule has 2 saturated carbocycles. The predicted molar refractivity (Wildman–Crippen MR) is 94.1 cm³/mol. The van der Waals surface area contributed by atoms with E-state index in [1.165, 1.54) is 25.5 Å². The lowest BCUT2D eigenvalue weighted by Gasteiger charge is -2.40. The average molecular weight is 336 g/mol. The van der Waals surface area contributed by atoms with Crippen molar-refractivity contribution >= 4 is 9.84 Å². The van der Waals surface area contributed by atoms with E-state index in [2.05, 4.69) is 33.0 Å². The van der Waals surface area contributed by atoms with Gasteiger partial charge in [-0.1, -0.05) is 32.9 Å². The van der Waals surface area contributed by atoms with Gasteiger partial charge in [-0.25, -0.2) is 8.42 Å². The molecule has 2 bridgehead atoms. The van der Waals surface area contributed by atoms with Crippen LogP contribution >= 0.6 is 0 Å². The largest absolute Gasteiger partial charge is 0.307 e. The van der Waals surface area contributed by atoms with Crippen molar-refractivity contribution in [3.63, 3.8) is 0 Å². The molecule has 0 saturated heterocycles. The van der Waals surface area contributed by atoms with E-state index >= 15 is 0 Å². The zero-order chi connectivity index (χ0) is 17.0. The standard InChI is InChI=1S/C19H29NO2S/c1-13(14-6-8-16(9-7-14)23(5,21)22)20-17-12-15-10-11-19(17,4)18(15,2)3/h6-9,13,15,17,20H,10-12H2,1-5H3/t13-,15+,17-,19+/m0/s1. The van der Waals surface area contributed by atoms with Crippen molar-refractivity contribution in [1.29, 1.82) is 0 Å². The number of sulfone groups is 1. The van der Waals surface area contributed by atoms with Crippen LogP contribution in [0.2, 0.25) is 0 Å². The molecule has 0 amide bonds. The van der Waals surface area contributed by atoms with Gasteiger partial charge in [-0.05, 0) is 60.6 Å². The maximum atomic E-state index is 11.6. The number of rotatable bonds is 4. The molecule has 2 fully saturated rings. The van der Waals surface area contributed by atoms with Crippen LogP contribution in [-0.4, -0.2) is 20.7 Å². The van der Waals surface area contributed by atoms with E-state index in [0.717, 1.165) is 11.5 Å². The minimum absolute atomic E-state index is 0.237. The molecule has 1 aromatic rings. The molecule has 3 nitrogen and oxygen atoms in total. The summed E-state index contributed by atoms with van der Waals surface area (Å²) in [7, 11) is -3.12. The summed E-state index contributed by atoms with van der Waals surface area (Å²) in [5, 5.41) is 3.83. The van der Waals surface area contributed by atoms with Crippen LogP contribution in [0.5, 0.6) is 0 Å². The third-order valence-corrected chi connectivity index (χ3v) is 8.18. The first-order chi connectivity index (χ1) is 10.6. The van der Waals surface area contributed by atoms with Crippen LogP contribution in [0, 0.1) is 16.7 Å². The average Bonchev–Trinajstić information content (AvgIpc) is 2.80. The van der Waals surface area contributed by atoms with E-state index in [1.54, 1.807) is 12.1 Å². The number of hydrogen-bond acceptors (Lipinski definition) is 3. The highest BCUT2D eigenvalue weighted by Crippen LogP contribution is 2.65. The predicted octanol–water partition coefficient (Wildman–Crippen LogP) is 3.96. The summed E-state index contributed by atoms with van der Waals surface area (Å²) in [6.45, 7) is 9.48. The second-order valence-corrected chi connectivity index (χ2v) is 10.4. The fraction of sp³-hybridized carbons (Fsp3) is 0.684. The summed E-state index contributed by atoms with van der Waals surface area (Å²) >= 11 is 0. The first kappa shape index (κ1) is 17.0. The SMILES string of the molecule is C[C@H](N[C@H]1C[C@H]2CC[C@@]1(C)C2(C)C)c1ccc(S(C)(=O)=O)cc1. The monoisotopic (exact) mass is 335 g/mol. The maximum absolute atomic E-state index is 11.6. The fourth-order valence-electron chi connectivity index (χ4n) is 4.86. The van der Waals surface area contributed by atoms with E-state index in [-0.39, 0.29) is 6.04 Å². The van der Waals surface area contributed by atoms with Crippen LogP contribution in [0.3, 0.4) is 0 Å². The van der Waals surface area contributed by atoms with Gasteiger partial charge >= 0.3 is 0 Å². The lowest BCUT2D eigenvalue weighted by molar-refractivity contribution is 0.116. The molecule has 0 unspecified atom stereocenters. The van der Waals surface area contributed by atoms with Crippen LogP contribution in [0.25, 0.3) is 0 Å². The van der Waals surface area contributed by atoms with Crippen LogP contribution in [0.15, 0.2) is 29.2 Å². The normalized spacial score (nSPS) is 33.8. The molecule has 4 atom stereocenters. The maximum Gasteiger partial charge on any atom is 0.175 e. The number of benzene rings is 1. The van der Waals surface area contributed by atoms with Crippen molar-refractivity contribution in [2.75, 3.05) is 6.26 Å². The first-order valence-corrected chi connectivity index (χ1v) is 10.5. The molecule has 0 radical (unpaired) electrons. The molecule has 0 spiro atoms. The molecule has 1 N–H and O–H groups in total. The molecular formula is C19H29NO2S. The molecule has 2 aliphatic rings. The number of hydrogen-bond donors (Lipinski definition) is 1. The second kappa shape index (κ2) is 5.32. The first-order valence-electron chi connectivity index (χ1n) is 8.62. The highest BCUT2D eigenvalue weighted by molar-refractivity contribution is 7.90. The second-order valence-electron chi connectivity index (χ2n) is 8.39. The minimum Gasteiger partial charge on any atom is -0.307 e. The van der Waals surface area contributed by atoms with E-state index < -0.39 is 9.84 Å². The highest BCUT2D eigenvalue weighted by atomic mass is 32.2. The van der Waals surface area contributed by atoms with Gasteiger partial charge in [-0.15, -0.1) is 0 Å². The zero-order valence-electron chi connectivity index (χ0n) is 14.9. The summed E-state index contributed by atoms with van der Waals surface area (Å²) in [4.78, 5) is 0.390. The van der Waals surface area contributed by atoms with Crippen LogP contribution in [0.1, 0.15) is 58.6 Å². The summed E-state index contributed by atoms with van der Waals surface area (Å²) in [5.74, 6) is 0.824. The highest BCUT2D eigenvalue weighted by Gasteiger charge is 2.61. The topological polar surface area (TPSA) is 46.2 Å². The Kier molecular flexibility index (Phi) is 3.92. The van der Waals surface area contributed by atoms with Gasteiger partial charge in [0, 0.05) is 18.3 Å². The fourth-order valence-corrected chi connectivity index (χ4v) is 5.49. The molecular weight excluding hydrogens is 306 g/mol. The lowest BCUT2D eigenvalue weighted by atomic mass is 9.69. The van der Waals surface area contributed by atoms with Crippen molar-refractivity contribution in [2.24, 2.45) is 16.7 Å². The quantitative estimate of drug-likeness (QED) is 0.906. The molecule has 0 aromatic heterocycles. The van der Waals surface area contributed by atoms with Crippen molar-refractivity contribution in [1.82, 2.24) is 5.32 Å². The molecule has 1 aromatic carbocycles. The van der Waals surface area contributed by atoms with E-state index in [0.29, 0.717) is 21.8 Å². The molecule has 0 aliphatic heterocycles. The van der Waals surface area contributed by atoms with Gasteiger partial charge in [0.2, 0.25) is 0 Å². The van der Waals surface area contributed by atoms with Gasteiger partial charge in [0.15, 0.2) is 9.84 Å². The molecule has 23 heavy (non-hydrogen) atoms. The zero-order valence-corrected chi connectivity index (χ0v) is 15.7. The minimum atomic E-state index is -3.12. The summed E-state index contributed by atoms with van der Waals surface area (Å²) < 4.78 is 23.2. The molecule has 128 valence electrons. The Balaban J connectivity index is 1.75. The van der Waals surface area contributed by atoms with Gasteiger partial charge in [0.25, 0.3) is 0 Å². The van der Waals surface area contributed by atoms with Gasteiger partial charge in [-0.2, -0.15) is 0 Å². The van der Waals surface area contributed by atoms with Crippen molar-refractivity contribution in [3.05, 3.63) is 29.8 Å². The van der Waals surface area contributed by atoms with Crippen molar-refractivity contribution < 1.29 is 8.42 Å². The Bertz CT molecular complexity index is 693. The third-order valence-electron chi connectivity index (χ3n) is 7.05. The van der Waals surface area contributed by atoms with Gasteiger partial charge in [0.1, 0.15) is 0 Å². The van der Waals surface area contributed by atoms with Gasteiger partial charge in [-0.3, -0.25) is 0 Å². The molecule has 0 heterocycles.